The minimum absolute atomic E-state index is 0.0268. The topological polar surface area (TPSA) is 114 Å². The average molecular weight is 1140 g/mol. The lowest BCUT2D eigenvalue weighted by atomic mass is 10.0. The van der Waals surface area contributed by atoms with Gasteiger partial charge in [-0.3, -0.25) is 14.2 Å². The molecule has 3 unspecified atom stereocenters. The summed E-state index contributed by atoms with van der Waals surface area (Å²) in [6.45, 7) is 6.72. The molecule has 80 heavy (non-hydrogen) atoms. The van der Waals surface area contributed by atoms with Gasteiger partial charge in [0.05, 0.1) is 33.8 Å². The minimum Gasteiger partial charge on any atom is -0.756 e. The third kappa shape index (κ3) is 59.8. The Hall–Kier alpha value is -2.81. The van der Waals surface area contributed by atoms with Crippen molar-refractivity contribution in [1.29, 1.82) is 0 Å². The van der Waals surface area contributed by atoms with Crippen LogP contribution in [0, 0.1) is 0 Å². The fourth-order valence-corrected chi connectivity index (χ4v) is 10.1. The first-order chi connectivity index (χ1) is 38.9. The Balaban J connectivity index is 5.09. The van der Waals surface area contributed by atoms with Crippen molar-refractivity contribution >= 4 is 19.7 Å². The second kappa shape index (κ2) is 59.4. The molecule has 0 spiro atoms. The monoisotopic (exact) mass is 1140 g/mol. The second-order valence-electron chi connectivity index (χ2n) is 23.6. The Morgan fingerprint density at radius 2 is 0.800 bits per heavy atom. The van der Waals surface area contributed by atoms with Gasteiger partial charge in [0.1, 0.15) is 19.3 Å². The summed E-state index contributed by atoms with van der Waals surface area (Å²) < 4.78 is 30.4. The first kappa shape index (κ1) is 77.2. The van der Waals surface area contributed by atoms with E-state index in [0.29, 0.717) is 17.4 Å². The van der Waals surface area contributed by atoms with Gasteiger partial charge < -0.3 is 28.5 Å². The highest BCUT2D eigenvalue weighted by Crippen LogP contribution is 2.38. The van der Waals surface area contributed by atoms with Crippen molar-refractivity contribution in [3.8, 4) is 0 Å². The number of allylic oxidation sites excluding steroid dienone is 13. The molecule has 0 radical (unpaired) electrons. The van der Waals surface area contributed by atoms with Crippen LogP contribution in [0.4, 0.5) is 0 Å². The van der Waals surface area contributed by atoms with Crippen molar-refractivity contribution in [3.63, 3.8) is 0 Å². The minimum atomic E-state index is -4.71. The second-order valence-corrected chi connectivity index (χ2v) is 25.0. The van der Waals surface area contributed by atoms with Gasteiger partial charge in [-0.1, -0.05) is 267 Å². The lowest BCUT2D eigenvalue weighted by Gasteiger charge is -2.30. The van der Waals surface area contributed by atoms with Crippen molar-refractivity contribution in [3.05, 3.63) is 85.1 Å². The van der Waals surface area contributed by atoms with Gasteiger partial charge in [-0.2, -0.15) is 0 Å². The van der Waals surface area contributed by atoms with Crippen LogP contribution in [0.1, 0.15) is 297 Å². The Labute approximate surface area is 495 Å². The van der Waals surface area contributed by atoms with E-state index in [4.69, 9.17) is 13.8 Å². The molecule has 0 aliphatic carbocycles. The molecule has 464 valence electrons. The van der Waals surface area contributed by atoms with Gasteiger partial charge in [-0.25, -0.2) is 0 Å². The maximum absolute atomic E-state index is 13.6. The van der Waals surface area contributed by atoms with Crippen molar-refractivity contribution in [2.75, 3.05) is 40.9 Å². The number of nitrogens with zero attached hydrogens (tertiary/aromatic N) is 1. The van der Waals surface area contributed by atoms with Crippen LogP contribution in [0.15, 0.2) is 85.1 Å². The molecule has 10 heteroatoms. The lowest BCUT2D eigenvalue weighted by Crippen LogP contribution is -2.47. The Morgan fingerprint density at radius 3 is 1.23 bits per heavy atom. The van der Waals surface area contributed by atoms with Crippen LogP contribution in [0.2, 0.25) is 0 Å². The normalized spacial score (nSPS) is 14.1. The largest absolute Gasteiger partial charge is 0.756 e. The maximum atomic E-state index is 13.6. The summed E-state index contributed by atoms with van der Waals surface area (Å²) in [5.41, 5.74) is 0. The highest BCUT2D eigenvalue weighted by atomic mass is 31.2. The highest BCUT2D eigenvalue weighted by Gasteiger charge is 2.27. The van der Waals surface area contributed by atoms with Crippen LogP contribution >= 0.6 is 7.82 Å². The third-order valence-electron chi connectivity index (χ3n) is 14.6. The number of nitrogens with one attached hydrogen (secondary N) is 1. The van der Waals surface area contributed by atoms with Crippen LogP contribution < -0.4 is 10.2 Å². The molecule has 1 amide bonds. The third-order valence-corrected chi connectivity index (χ3v) is 15.5. The van der Waals surface area contributed by atoms with E-state index in [2.05, 4.69) is 99.0 Å². The van der Waals surface area contributed by atoms with Crippen molar-refractivity contribution in [2.24, 2.45) is 0 Å². The first-order valence-corrected chi connectivity index (χ1v) is 34.9. The number of unbranched alkanes of at least 4 members (excludes halogenated alkanes) is 32. The number of hydrogen-bond donors (Lipinski definition) is 1. The molecule has 0 saturated heterocycles. The number of ether oxygens (including phenoxy) is 1. The molecule has 3 atom stereocenters. The fourth-order valence-electron chi connectivity index (χ4n) is 9.43. The number of amides is 1. The van der Waals surface area contributed by atoms with E-state index in [1.807, 2.05) is 33.3 Å². The molecule has 1 N–H and O–H groups in total. The molecule has 0 aromatic rings. The van der Waals surface area contributed by atoms with Gasteiger partial charge in [0, 0.05) is 12.8 Å². The van der Waals surface area contributed by atoms with Crippen LogP contribution in [-0.2, 0) is 27.9 Å². The molecule has 9 nitrogen and oxygen atoms in total. The molecule has 0 rings (SSSR count). The number of quaternary nitrogens is 1. The summed E-state index contributed by atoms with van der Waals surface area (Å²) >= 11 is 0. The fraction of sp³-hybridized carbons (Fsp3) is 0.771. The van der Waals surface area contributed by atoms with E-state index in [0.717, 1.165) is 109 Å². The molecule has 0 aromatic carbocycles. The van der Waals surface area contributed by atoms with Crippen LogP contribution in [0.25, 0.3) is 0 Å². The molecule has 0 bridgehead atoms. The summed E-state index contributed by atoms with van der Waals surface area (Å²) in [4.78, 5) is 40.1. The number of carbonyl (C=O) groups excluding carboxylic acids is 2. The van der Waals surface area contributed by atoms with E-state index in [-0.39, 0.29) is 24.9 Å². The molecule has 0 aliphatic heterocycles. The number of esters is 1. The van der Waals surface area contributed by atoms with E-state index in [1.165, 1.54) is 154 Å². The maximum Gasteiger partial charge on any atom is 0.306 e. The number of carbonyl (C=O) groups is 2. The Bertz CT molecular complexity index is 1640. The number of phosphoric ester groups is 1. The molecule has 0 fully saturated rings. The van der Waals surface area contributed by atoms with E-state index >= 15 is 0 Å². The van der Waals surface area contributed by atoms with Gasteiger partial charge in [0.25, 0.3) is 7.82 Å². The number of hydrogen-bond acceptors (Lipinski definition) is 7. The molecular weight excluding hydrogens is 1010 g/mol. The molecular formula is C70H127N2O7P. The van der Waals surface area contributed by atoms with Gasteiger partial charge in [-0.05, 0) is 102 Å². The van der Waals surface area contributed by atoms with Crippen LogP contribution in [-0.4, -0.2) is 69.4 Å². The lowest BCUT2D eigenvalue weighted by molar-refractivity contribution is -0.870. The highest BCUT2D eigenvalue weighted by molar-refractivity contribution is 7.45. The number of likely N-dealkylation sites (N-methyl/N-ethyl adjacent to an activating group) is 1. The van der Waals surface area contributed by atoms with Crippen molar-refractivity contribution < 1.29 is 37.3 Å². The predicted molar refractivity (Wildman–Crippen MR) is 344 cm³/mol. The van der Waals surface area contributed by atoms with Gasteiger partial charge in [-0.15, -0.1) is 0 Å². The molecule has 0 aliphatic rings. The quantitative estimate of drug-likeness (QED) is 0.0212. The summed E-state index contributed by atoms with van der Waals surface area (Å²) in [6, 6.07) is -0.897. The Kier molecular flexibility index (Phi) is 57.3. The number of phosphoric acid groups is 1. The van der Waals surface area contributed by atoms with Gasteiger partial charge in [0.2, 0.25) is 5.91 Å². The SMILES string of the molecule is CC/C=C/C/C=C/CCCCCCCCCC(=O)OC(/C=C\CCCCCCCCCCCCC)C(COP(=O)([O-])OCC[N+](C)(C)C)NC(=O)CCCCCCCCCCCCC/C=C\C/C=C\C/C=C\C/C=C\CCCCC. The predicted octanol–water partition coefficient (Wildman–Crippen LogP) is 20.3. The van der Waals surface area contributed by atoms with Crippen molar-refractivity contribution in [1.82, 2.24) is 5.32 Å². The summed E-state index contributed by atoms with van der Waals surface area (Å²) in [5, 5.41) is 3.03. The zero-order valence-electron chi connectivity index (χ0n) is 53.0. The molecule has 0 heterocycles. The van der Waals surface area contributed by atoms with Gasteiger partial charge >= 0.3 is 5.97 Å². The summed E-state index contributed by atoms with van der Waals surface area (Å²) in [7, 11) is 1.17. The smallest absolute Gasteiger partial charge is 0.306 e. The van der Waals surface area contributed by atoms with E-state index in [9.17, 15) is 19.0 Å². The van der Waals surface area contributed by atoms with E-state index in [1.54, 1.807) is 0 Å². The first-order valence-electron chi connectivity index (χ1n) is 33.4. The summed E-state index contributed by atoms with van der Waals surface area (Å²) in [5.74, 6) is -0.551. The molecule has 0 saturated carbocycles. The Morgan fingerprint density at radius 1 is 0.450 bits per heavy atom. The number of rotatable bonds is 60. The summed E-state index contributed by atoms with van der Waals surface area (Å²) in [6.07, 6.45) is 78.4. The molecule has 0 aromatic heterocycles. The zero-order valence-corrected chi connectivity index (χ0v) is 53.9. The van der Waals surface area contributed by atoms with Crippen LogP contribution in [0.3, 0.4) is 0 Å². The standard InChI is InChI=1S/C70H127N2O7P/c1-7-10-13-16-19-22-25-28-30-31-32-33-34-35-36-37-38-39-40-41-42-44-47-50-53-56-59-62-69(73)71-67(66-78-80(75,76)77-65-64-72(4,5)6)68(61-58-55-52-49-46-43-27-24-21-18-15-12-9-3)79-70(74)63-60-57-54-51-48-45-29-26-23-20-17-14-11-8-2/h11,14,19-20,22-23,28,30,32-33,35-36,58,61,67-68H,7-10,12-13,15-18,21,24-27,29,31,34,37-57,59-60,62-66H2,1-6H3,(H-,71,73,75,76)/b14-11+,22-19-,23-20+,30-28-,33-32-,36-35-,61-58-. The zero-order chi connectivity index (χ0) is 58.6. The van der Waals surface area contributed by atoms with Crippen LogP contribution in [0.5, 0.6) is 0 Å². The average Bonchev–Trinajstić information content (AvgIpc) is 3.42. The van der Waals surface area contributed by atoms with Crippen molar-refractivity contribution in [2.45, 2.75) is 309 Å². The van der Waals surface area contributed by atoms with Gasteiger partial charge in [0.15, 0.2) is 0 Å². The van der Waals surface area contributed by atoms with E-state index < -0.39 is 26.6 Å².